The molecular formula is C10H15NO2S. The molecule has 1 rings (SSSR count). The Labute approximate surface area is 85.1 Å². The molecule has 0 aliphatic rings. The second-order valence-electron chi connectivity index (χ2n) is 3.52. The zero-order valence-electron chi connectivity index (χ0n) is 8.47. The van der Waals surface area contributed by atoms with Gasteiger partial charge in [-0.3, -0.25) is 4.98 Å². The molecule has 1 aromatic rings. The van der Waals surface area contributed by atoms with Crippen LogP contribution in [0.15, 0.2) is 24.5 Å². The van der Waals surface area contributed by atoms with E-state index in [1.165, 1.54) is 0 Å². The molecule has 0 aromatic carbocycles. The molecule has 0 N–H and O–H groups in total. The van der Waals surface area contributed by atoms with Gasteiger partial charge in [0.25, 0.3) is 0 Å². The van der Waals surface area contributed by atoms with E-state index in [1.807, 2.05) is 12.1 Å². The maximum atomic E-state index is 11.5. The quantitative estimate of drug-likeness (QED) is 0.760. The van der Waals surface area contributed by atoms with E-state index in [0.29, 0.717) is 6.42 Å². The van der Waals surface area contributed by atoms with Crippen molar-refractivity contribution in [2.45, 2.75) is 25.5 Å². The minimum atomic E-state index is -2.92. The van der Waals surface area contributed by atoms with Gasteiger partial charge in [-0.05, 0) is 38.0 Å². The molecule has 0 unspecified atom stereocenters. The third-order valence-electron chi connectivity index (χ3n) is 2.14. The van der Waals surface area contributed by atoms with Crippen molar-refractivity contribution in [2.75, 3.05) is 5.75 Å². The van der Waals surface area contributed by atoms with Crippen molar-refractivity contribution in [1.29, 1.82) is 0 Å². The van der Waals surface area contributed by atoms with Gasteiger partial charge in [0.1, 0.15) is 0 Å². The summed E-state index contributed by atoms with van der Waals surface area (Å²) in [7, 11) is -2.92. The summed E-state index contributed by atoms with van der Waals surface area (Å²) in [6.07, 6.45) is 3.93. The maximum Gasteiger partial charge on any atom is 0.152 e. The van der Waals surface area contributed by atoms with E-state index in [-0.39, 0.29) is 11.0 Å². The summed E-state index contributed by atoms with van der Waals surface area (Å²) in [6, 6.07) is 3.69. The average molecular weight is 213 g/mol. The van der Waals surface area contributed by atoms with E-state index >= 15 is 0 Å². The van der Waals surface area contributed by atoms with Crippen LogP contribution in [-0.2, 0) is 16.3 Å². The van der Waals surface area contributed by atoms with E-state index in [4.69, 9.17) is 0 Å². The number of hydrogen-bond donors (Lipinski definition) is 0. The van der Waals surface area contributed by atoms with Crippen LogP contribution in [0.3, 0.4) is 0 Å². The third-order valence-corrected chi connectivity index (χ3v) is 4.35. The molecule has 0 bridgehead atoms. The van der Waals surface area contributed by atoms with E-state index in [2.05, 4.69) is 4.98 Å². The van der Waals surface area contributed by atoms with Crippen molar-refractivity contribution in [2.24, 2.45) is 0 Å². The third kappa shape index (κ3) is 3.10. The molecular weight excluding hydrogens is 198 g/mol. The lowest BCUT2D eigenvalue weighted by Gasteiger charge is -2.06. The highest BCUT2D eigenvalue weighted by molar-refractivity contribution is 7.91. The molecule has 0 aliphatic heterocycles. The lowest BCUT2D eigenvalue weighted by Crippen LogP contribution is -2.19. The van der Waals surface area contributed by atoms with Crippen molar-refractivity contribution < 1.29 is 8.42 Å². The molecule has 0 saturated heterocycles. The normalized spacial score (nSPS) is 11.9. The van der Waals surface area contributed by atoms with Crippen molar-refractivity contribution >= 4 is 9.84 Å². The zero-order valence-corrected chi connectivity index (χ0v) is 9.29. The Balaban J connectivity index is 2.58. The minimum Gasteiger partial charge on any atom is -0.265 e. The maximum absolute atomic E-state index is 11.5. The summed E-state index contributed by atoms with van der Waals surface area (Å²) in [6.45, 7) is 3.42. The molecule has 0 fully saturated rings. The highest BCUT2D eigenvalue weighted by atomic mass is 32.2. The van der Waals surface area contributed by atoms with E-state index in [0.717, 1.165) is 5.56 Å². The predicted molar refractivity (Wildman–Crippen MR) is 56.9 cm³/mol. The van der Waals surface area contributed by atoms with Gasteiger partial charge in [-0.25, -0.2) is 8.42 Å². The van der Waals surface area contributed by atoms with Gasteiger partial charge in [-0.2, -0.15) is 0 Å². The van der Waals surface area contributed by atoms with Crippen LogP contribution >= 0.6 is 0 Å². The predicted octanol–water partition coefficient (Wildman–Crippen LogP) is 1.45. The Bertz CT molecular complexity index is 370. The Morgan fingerprint density at radius 1 is 1.29 bits per heavy atom. The fourth-order valence-electron chi connectivity index (χ4n) is 1.05. The van der Waals surface area contributed by atoms with Crippen molar-refractivity contribution in [1.82, 2.24) is 4.98 Å². The van der Waals surface area contributed by atoms with Crippen molar-refractivity contribution in [3.8, 4) is 0 Å². The van der Waals surface area contributed by atoms with Crippen LogP contribution in [-0.4, -0.2) is 24.4 Å². The van der Waals surface area contributed by atoms with Crippen LogP contribution in [0.25, 0.3) is 0 Å². The number of aryl methyl sites for hydroxylation is 1. The van der Waals surface area contributed by atoms with Crippen molar-refractivity contribution in [3.05, 3.63) is 30.1 Å². The monoisotopic (exact) mass is 213 g/mol. The van der Waals surface area contributed by atoms with Crippen LogP contribution < -0.4 is 0 Å². The summed E-state index contributed by atoms with van der Waals surface area (Å²) < 4.78 is 23.0. The molecule has 0 amide bonds. The van der Waals surface area contributed by atoms with Crippen LogP contribution in [0.4, 0.5) is 0 Å². The number of pyridine rings is 1. The number of rotatable bonds is 4. The highest BCUT2D eigenvalue weighted by Crippen LogP contribution is 2.05. The Morgan fingerprint density at radius 3 is 2.36 bits per heavy atom. The molecule has 4 heteroatoms. The SMILES string of the molecule is CC(C)S(=O)(=O)CCc1ccncc1. The summed E-state index contributed by atoms with van der Waals surface area (Å²) in [5.41, 5.74) is 1.02. The molecule has 0 saturated carbocycles. The molecule has 1 heterocycles. The molecule has 0 radical (unpaired) electrons. The molecule has 0 spiro atoms. The molecule has 0 atom stereocenters. The standard InChI is InChI=1S/C10H15NO2S/c1-9(2)14(12,13)8-5-10-3-6-11-7-4-10/h3-4,6-7,9H,5,8H2,1-2H3. The highest BCUT2D eigenvalue weighted by Gasteiger charge is 2.15. The van der Waals surface area contributed by atoms with Gasteiger partial charge < -0.3 is 0 Å². The minimum absolute atomic E-state index is 0.217. The first-order chi connectivity index (χ1) is 6.52. The fourth-order valence-corrected chi connectivity index (χ4v) is 2.04. The first-order valence-electron chi connectivity index (χ1n) is 4.63. The first kappa shape index (κ1) is 11.2. The van der Waals surface area contributed by atoms with Gasteiger partial charge in [0, 0.05) is 12.4 Å². The van der Waals surface area contributed by atoms with Crippen LogP contribution in [0.5, 0.6) is 0 Å². The lowest BCUT2D eigenvalue weighted by molar-refractivity contribution is 0.586. The Morgan fingerprint density at radius 2 is 1.86 bits per heavy atom. The molecule has 1 aromatic heterocycles. The summed E-state index contributed by atoms with van der Waals surface area (Å²) >= 11 is 0. The van der Waals surface area contributed by atoms with E-state index in [1.54, 1.807) is 26.2 Å². The summed E-state index contributed by atoms with van der Waals surface area (Å²) in [5.74, 6) is 0.217. The Kier molecular flexibility index (Phi) is 3.63. The average Bonchev–Trinajstić information content (AvgIpc) is 2.16. The van der Waals surface area contributed by atoms with Gasteiger partial charge in [0.15, 0.2) is 9.84 Å². The smallest absolute Gasteiger partial charge is 0.152 e. The first-order valence-corrected chi connectivity index (χ1v) is 6.34. The van der Waals surface area contributed by atoms with Gasteiger partial charge in [0.05, 0.1) is 11.0 Å². The number of nitrogens with zero attached hydrogens (tertiary/aromatic N) is 1. The van der Waals surface area contributed by atoms with Gasteiger partial charge in [0.2, 0.25) is 0 Å². The summed E-state index contributed by atoms with van der Waals surface area (Å²) in [5, 5.41) is -0.288. The van der Waals surface area contributed by atoms with Crippen molar-refractivity contribution in [3.63, 3.8) is 0 Å². The number of aromatic nitrogens is 1. The second kappa shape index (κ2) is 4.55. The second-order valence-corrected chi connectivity index (χ2v) is 6.20. The summed E-state index contributed by atoms with van der Waals surface area (Å²) in [4.78, 5) is 3.88. The van der Waals surface area contributed by atoms with E-state index in [9.17, 15) is 8.42 Å². The largest absolute Gasteiger partial charge is 0.265 e. The van der Waals surface area contributed by atoms with Gasteiger partial charge >= 0.3 is 0 Å². The zero-order chi connectivity index (χ0) is 10.6. The molecule has 3 nitrogen and oxygen atoms in total. The van der Waals surface area contributed by atoms with Crippen LogP contribution in [0, 0.1) is 0 Å². The number of hydrogen-bond acceptors (Lipinski definition) is 3. The fraction of sp³-hybridized carbons (Fsp3) is 0.500. The molecule has 78 valence electrons. The molecule has 0 aliphatic carbocycles. The van der Waals surface area contributed by atoms with E-state index < -0.39 is 9.84 Å². The topological polar surface area (TPSA) is 47.0 Å². The van der Waals surface area contributed by atoms with Crippen LogP contribution in [0.1, 0.15) is 19.4 Å². The van der Waals surface area contributed by atoms with Crippen LogP contribution in [0.2, 0.25) is 0 Å². The van der Waals surface area contributed by atoms with Gasteiger partial charge in [-0.15, -0.1) is 0 Å². The number of sulfone groups is 1. The Hall–Kier alpha value is -0.900. The lowest BCUT2D eigenvalue weighted by atomic mass is 10.2. The van der Waals surface area contributed by atoms with Gasteiger partial charge in [-0.1, -0.05) is 0 Å². The molecule has 14 heavy (non-hydrogen) atoms.